The summed E-state index contributed by atoms with van der Waals surface area (Å²) in [5.74, 6) is -1.01. The number of hydrogen-bond donors (Lipinski definition) is 2. The van der Waals surface area contributed by atoms with Gasteiger partial charge in [0.25, 0.3) is 5.91 Å². The molecule has 0 aromatic heterocycles. The number of carboxylic acid groups (broad SMARTS) is 1. The fraction of sp³-hybridized carbons (Fsp3) is 0.429. The van der Waals surface area contributed by atoms with E-state index in [1.54, 1.807) is 12.1 Å². The third-order valence-electron chi connectivity index (χ3n) is 3.46. The number of aliphatic hydroxyl groups is 1. The molecular weight excluding hydrogens is 278 g/mol. The van der Waals surface area contributed by atoms with Gasteiger partial charge in [-0.15, -0.1) is 0 Å². The lowest BCUT2D eigenvalue weighted by Crippen LogP contribution is -2.40. The molecule has 0 spiro atoms. The molecule has 7 heteroatoms. The summed E-state index contributed by atoms with van der Waals surface area (Å²) >= 11 is 0. The summed E-state index contributed by atoms with van der Waals surface area (Å²) in [5.41, 5.74) is 0.206. The van der Waals surface area contributed by atoms with Crippen LogP contribution in [0.1, 0.15) is 16.8 Å². The maximum absolute atomic E-state index is 12.6. The fourth-order valence-corrected chi connectivity index (χ4v) is 2.48. The van der Waals surface area contributed by atoms with Crippen LogP contribution in [0.15, 0.2) is 18.2 Å². The predicted molar refractivity (Wildman–Crippen MR) is 72.6 cm³/mol. The molecule has 114 valence electrons. The van der Waals surface area contributed by atoms with E-state index in [1.807, 2.05) is 0 Å². The summed E-state index contributed by atoms with van der Waals surface area (Å²) in [6, 6.07) is 3.76. The van der Waals surface area contributed by atoms with Crippen LogP contribution in [0.4, 0.5) is 0 Å². The van der Waals surface area contributed by atoms with Gasteiger partial charge in [0.1, 0.15) is 6.04 Å². The van der Waals surface area contributed by atoms with Crippen molar-refractivity contribution in [1.29, 1.82) is 0 Å². The first-order valence-electron chi connectivity index (χ1n) is 6.42. The second-order valence-corrected chi connectivity index (χ2v) is 4.74. The van der Waals surface area contributed by atoms with Crippen molar-refractivity contribution in [2.75, 3.05) is 20.8 Å². The zero-order valence-corrected chi connectivity index (χ0v) is 11.8. The summed E-state index contributed by atoms with van der Waals surface area (Å²) in [4.78, 5) is 24.9. The minimum Gasteiger partial charge on any atom is -0.493 e. The Bertz CT molecular complexity index is 558. The predicted octanol–water partition coefficient (Wildman–Crippen LogP) is 0.364. The van der Waals surface area contributed by atoms with E-state index in [2.05, 4.69) is 0 Å². The number of amides is 1. The number of β-amino-alcohol motifs (C(OH)–C–C–N with tert-alkyl or cyclic N) is 1. The average Bonchev–Trinajstić information content (AvgIpc) is 2.87. The molecule has 1 amide bonds. The lowest BCUT2D eigenvalue weighted by molar-refractivity contribution is -0.141. The maximum atomic E-state index is 12.6. The number of likely N-dealkylation sites (tertiary alicyclic amines) is 1. The highest BCUT2D eigenvalue weighted by atomic mass is 16.5. The van der Waals surface area contributed by atoms with Gasteiger partial charge in [0.05, 0.1) is 25.9 Å². The van der Waals surface area contributed by atoms with Crippen molar-refractivity contribution < 1.29 is 29.3 Å². The van der Waals surface area contributed by atoms with E-state index in [-0.39, 0.29) is 24.3 Å². The number of para-hydroxylation sites is 1. The molecule has 21 heavy (non-hydrogen) atoms. The summed E-state index contributed by atoms with van der Waals surface area (Å²) < 4.78 is 10.3. The van der Waals surface area contributed by atoms with Crippen LogP contribution in [-0.2, 0) is 4.79 Å². The van der Waals surface area contributed by atoms with E-state index in [0.717, 1.165) is 4.90 Å². The minimum atomic E-state index is -1.14. The van der Waals surface area contributed by atoms with Gasteiger partial charge in [-0.2, -0.15) is 0 Å². The highest BCUT2D eigenvalue weighted by Crippen LogP contribution is 2.33. The third-order valence-corrected chi connectivity index (χ3v) is 3.46. The number of hydrogen-bond acceptors (Lipinski definition) is 5. The van der Waals surface area contributed by atoms with Gasteiger partial charge in [-0.3, -0.25) is 4.79 Å². The van der Waals surface area contributed by atoms with E-state index in [4.69, 9.17) is 14.6 Å². The lowest BCUT2D eigenvalue weighted by atomic mass is 10.1. The molecule has 2 unspecified atom stereocenters. The van der Waals surface area contributed by atoms with Gasteiger partial charge in [0, 0.05) is 13.0 Å². The average molecular weight is 295 g/mol. The summed E-state index contributed by atoms with van der Waals surface area (Å²) in [6.45, 7) is -0.0177. The monoisotopic (exact) mass is 295 g/mol. The Morgan fingerprint density at radius 3 is 2.57 bits per heavy atom. The van der Waals surface area contributed by atoms with Gasteiger partial charge < -0.3 is 24.6 Å². The summed E-state index contributed by atoms with van der Waals surface area (Å²) in [6.07, 6.45) is -0.820. The molecule has 1 aliphatic heterocycles. The maximum Gasteiger partial charge on any atom is 0.326 e. The topological polar surface area (TPSA) is 96.3 Å². The SMILES string of the molecule is COc1cccc(C(=O)N2CC(O)CC2C(=O)O)c1OC. The Balaban J connectivity index is 2.38. The first-order valence-corrected chi connectivity index (χ1v) is 6.42. The first-order chi connectivity index (χ1) is 9.99. The zero-order valence-electron chi connectivity index (χ0n) is 11.8. The van der Waals surface area contributed by atoms with Crippen molar-refractivity contribution in [3.63, 3.8) is 0 Å². The molecule has 0 bridgehead atoms. The van der Waals surface area contributed by atoms with Crippen molar-refractivity contribution >= 4 is 11.9 Å². The molecule has 1 fully saturated rings. The Morgan fingerprint density at radius 2 is 2.00 bits per heavy atom. The van der Waals surface area contributed by atoms with Gasteiger partial charge >= 0.3 is 5.97 Å². The van der Waals surface area contributed by atoms with Gasteiger partial charge in [0.15, 0.2) is 11.5 Å². The normalized spacial score (nSPS) is 21.2. The number of aliphatic carboxylic acids is 1. The minimum absolute atomic E-state index is 0.0177. The molecule has 2 rings (SSSR count). The number of benzene rings is 1. The number of methoxy groups -OCH3 is 2. The van der Waals surface area contributed by atoms with Crippen LogP contribution < -0.4 is 9.47 Å². The standard InChI is InChI=1S/C14H17NO6/c1-20-11-5-3-4-9(12(11)21-2)13(17)15-7-8(16)6-10(15)14(18)19/h3-5,8,10,16H,6-7H2,1-2H3,(H,18,19). The smallest absolute Gasteiger partial charge is 0.326 e. The largest absolute Gasteiger partial charge is 0.493 e. The molecule has 0 saturated carbocycles. The summed E-state index contributed by atoms with van der Waals surface area (Å²) in [5, 5.41) is 18.8. The van der Waals surface area contributed by atoms with Crippen LogP contribution in [0.3, 0.4) is 0 Å². The second kappa shape index (κ2) is 6.01. The quantitative estimate of drug-likeness (QED) is 0.833. The van der Waals surface area contributed by atoms with E-state index < -0.39 is 24.0 Å². The number of aliphatic hydroxyl groups excluding tert-OH is 1. The molecular formula is C14H17NO6. The van der Waals surface area contributed by atoms with Crippen molar-refractivity contribution in [3.05, 3.63) is 23.8 Å². The van der Waals surface area contributed by atoms with E-state index in [1.165, 1.54) is 20.3 Å². The van der Waals surface area contributed by atoms with E-state index in [9.17, 15) is 14.7 Å². The van der Waals surface area contributed by atoms with Crippen molar-refractivity contribution in [3.8, 4) is 11.5 Å². The number of rotatable bonds is 4. The molecule has 2 atom stereocenters. The first kappa shape index (κ1) is 15.1. The van der Waals surface area contributed by atoms with Gasteiger partial charge in [-0.05, 0) is 12.1 Å². The van der Waals surface area contributed by atoms with Crippen LogP contribution in [-0.4, -0.2) is 59.9 Å². The third kappa shape index (κ3) is 2.78. The number of carboxylic acids is 1. The Hall–Kier alpha value is -2.28. The lowest BCUT2D eigenvalue weighted by Gasteiger charge is -2.22. The van der Waals surface area contributed by atoms with Crippen LogP contribution in [0.5, 0.6) is 11.5 Å². The highest BCUT2D eigenvalue weighted by Gasteiger charge is 2.40. The van der Waals surface area contributed by atoms with Crippen LogP contribution in [0.2, 0.25) is 0 Å². The van der Waals surface area contributed by atoms with Gasteiger partial charge in [-0.25, -0.2) is 4.79 Å². The van der Waals surface area contributed by atoms with Crippen molar-refractivity contribution in [2.45, 2.75) is 18.6 Å². The highest BCUT2D eigenvalue weighted by molar-refractivity contribution is 6.00. The Labute approximate surface area is 121 Å². The molecule has 1 aromatic carbocycles. The van der Waals surface area contributed by atoms with Crippen molar-refractivity contribution in [1.82, 2.24) is 4.90 Å². The number of nitrogens with zero attached hydrogens (tertiary/aromatic N) is 1. The molecule has 7 nitrogen and oxygen atoms in total. The number of carbonyl (C=O) groups is 2. The van der Waals surface area contributed by atoms with Crippen LogP contribution >= 0.6 is 0 Å². The number of ether oxygens (including phenoxy) is 2. The Kier molecular flexibility index (Phi) is 4.32. The Morgan fingerprint density at radius 1 is 1.29 bits per heavy atom. The molecule has 2 N–H and O–H groups in total. The molecule has 1 aromatic rings. The van der Waals surface area contributed by atoms with Gasteiger partial charge in [0.2, 0.25) is 0 Å². The molecule has 0 radical (unpaired) electrons. The zero-order chi connectivity index (χ0) is 15.6. The van der Waals surface area contributed by atoms with E-state index >= 15 is 0 Å². The molecule has 0 aliphatic carbocycles. The van der Waals surface area contributed by atoms with Crippen LogP contribution in [0.25, 0.3) is 0 Å². The van der Waals surface area contributed by atoms with E-state index in [0.29, 0.717) is 5.75 Å². The number of carbonyl (C=O) groups excluding carboxylic acids is 1. The molecule has 1 aliphatic rings. The fourth-order valence-electron chi connectivity index (χ4n) is 2.48. The summed E-state index contributed by atoms with van der Waals surface area (Å²) in [7, 11) is 2.86. The second-order valence-electron chi connectivity index (χ2n) is 4.74. The van der Waals surface area contributed by atoms with Gasteiger partial charge in [-0.1, -0.05) is 6.07 Å². The van der Waals surface area contributed by atoms with Crippen molar-refractivity contribution in [2.24, 2.45) is 0 Å². The molecule has 1 heterocycles. The molecule has 1 saturated heterocycles. The van der Waals surface area contributed by atoms with Crippen LogP contribution in [0, 0.1) is 0 Å².